The van der Waals surface area contributed by atoms with Gasteiger partial charge in [-0.15, -0.1) is 0 Å². The molecule has 0 aromatic carbocycles. The summed E-state index contributed by atoms with van der Waals surface area (Å²) in [6.45, 7) is 2.28. The summed E-state index contributed by atoms with van der Waals surface area (Å²) < 4.78 is 0. The van der Waals surface area contributed by atoms with Crippen LogP contribution < -0.4 is 0 Å². The third-order valence-electron chi connectivity index (χ3n) is 3.24. The van der Waals surface area contributed by atoms with Gasteiger partial charge in [0.2, 0.25) is 0 Å². The van der Waals surface area contributed by atoms with Crippen LogP contribution in [0.4, 0.5) is 0 Å². The van der Waals surface area contributed by atoms with E-state index in [-0.39, 0.29) is 12.0 Å². The monoisotopic (exact) mass is 237 g/mol. The molecule has 17 heavy (non-hydrogen) atoms. The van der Waals surface area contributed by atoms with Gasteiger partial charge in [-0.2, -0.15) is 5.10 Å². The topological polar surface area (TPSA) is 69.2 Å². The van der Waals surface area contributed by atoms with Gasteiger partial charge in [0.1, 0.15) is 0 Å². The van der Waals surface area contributed by atoms with Gasteiger partial charge >= 0.3 is 0 Å². The molecule has 0 saturated heterocycles. The first kappa shape index (κ1) is 12.1. The summed E-state index contributed by atoms with van der Waals surface area (Å²) in [7, 11) is 1.75. The Morgan fingerprint density at radius 2 is 2.35 bits per heavy atom. The zero-order chi connectivity index (χ0) is 12.4. The van der Waals surface area contributed by atoms with Crippen molar-refractivity contribution in [2.75, 3.05) is 13.6 Å². The molecular formula is C12H19N3O2. The Labute approximate surface area is 101 Å². The number of hydrogen-bond donors (Lipinski definition) is 2. The number of H-pyrrole nitrogens is 1. The standard InChI is InChI=1S/C12H19N3O2/c1-8(16)6-7-15(2)12(17)11-9-4-3-5-10(9)13-14-11/h8,16H,3-7H2,1-2H3,(H,13,14). The minimum atomic E-state index is -0.379. The van der Waals surface area contributed by atoms with E-state index in [0.29, 0.717) is 18.7 Å². The Balaban J connectivity index is 2.04. The summed E-state index contributed by atoms with van der Waals surface area (Å²) in [5.74, 6) is -0.0509. The van der Waals surface area contributed by atoms with Crippen molar-refractivity contribution >= 4 is 5.91 Å². The number of carbonyl (C=O) groups excluding carboxylic acids is 1. The Bertz CT molecular complexity index is 412. The maximum Gasteiger partial charge on any atom is 0.274 e. The van der Waals surface area contributed by atoms with E-state index in [1.54, 1.807) is 18.9 Å². The highest BCUT2D eigenvalue weighted by atomic mass is 16.3. The second-order valence-electron chi connectivity index (χ2n) is 4.75. The second-order valence-corrected chi connectivity index (χ2v) is 4.75. The van der Waals surface area contributed by atoms with Crippen LogP contribution in [0.5, 0.6) is 0 Å². The summed E-state index contributed by atoms with van der Waals surface area (Å²) in [5, 5.41) is 16.3. The van der Waals surface area contributed by atoms with Crippen molar-refractivity contribution in [1.29, 1.82) is 0 Å². The van der Waals surface area contributed by atoms with Gasteiger partial charge in [-0.1, -0.05) is 0 Å². The van der Waals surface area contributed by atoms with E-state index in [1.165, 1.54) is 0 Å². The highest BCUT2D eigenvalue weighted by molar-refractivity contribution is 5.94. The molecule has 0 saturated carbocycles. The van der Waals surface area contributed by atoms with Crippen molar-refractivity contribution in [1.82, 2.24) is 15.1 Å². The van der Waals surface area contributed by atoms with Crippen LogP contribution in [0, 0.1) is 0 Å². The molecule has 0 radical (unpaired) electrons. The first-order valence-electron chi connectivity index (χ1n) is 6.09. The van der Waals surface area contributed by atoms with Crippen LogP contribution in [-0.4, -0.2) is 45.8 Å². The number of aliphatic hydroxyl groups is 1. The van der Waals surface area contributed by atoms with E-state index in [1.807, 2.05) is 0 Å². The molecule has 94 valence electrons. The quantitative estimate of drug-likeness (QED) is 0.811. The van der Waals surface area contributed by atoms with Crippen LogP contribution in [0.15, 0.2) is 0 Å². The van der Waals surface area contributed by atoms with Crippen molar-refractivity contribution in [2.45, 2.75) is 38.7 Å². The Morgan fingerprint density at radius 1 is 1.59 bits per heavy atom. The lowest BCUT2D eigenvalue weighted by molar-refractivity contribution is 0.0762. The van der Waals surface area contributed by atoms with E-state index < -0.39 is 0 Å². The number of amides is 1. The Hall–Kier alpha value is -1.36. The number of nitrogens with zero attached hydrogens (tertiary/aromatic N) is 2. The molecule has 1 aliphatic rings. The molecule has 1 amide bonds. The fraction of sp³-hybridized carbons (Fsp3) is 0.667. The van der Waals surface area contributed by atoms with E-state index in [0.717, 1.165) is 30.5 Å². The maximum absolute atomic E-state index is 12.1. The summed E-state index contributed by atoms with van der Waals surface area (Å²) >= 11 is 0. The molecule has 1 unspecified atom stereocenters. The minimum Gasteiger partial charge on any atom is -0.393 e. The normalized spacial score (nSPS) is 15.7. The van der Waals surface area contributed by atoms with Gasteiger partial charge in [0.25, 0.3) is 5.91 Å². The van der Waals surface area contributed by atoms with E-state index in [4.69, 9.17) is 0 Å². The molecule has 0 spiro atoms. The average molecular weight is 237 g/mol. The molecule has 1 atom stereocenters. The van der Waals surface area contributed by atoms with Gasteiger partial charge in [0.15, 0.2) is 5.69 Å². The first-order chi connectivity index (χ1) is 8.09. The fourth-order valence-electron chi connectivity index (χ4n) is 2.16. The van der Waals surface area contributed by atoms with Crippen LogP contribution >= 0.6 is 0 Å². The molecule has 0 fully saturated rings. The summed E-state index contributed by atoms with van der Waals surface area (Å²) in [5.41, 5.74) is 2.75. The highest BCUT2D eigenvalue weighted by Gasteiger charge is 2.24. The molecule has 1 aliphatic carbocycles. The number of rotatable bonds is 4. The van der Waals surface area contributed by atoms with E-state index in [9.17, 15) is 9.90 Å². The Kier molecular flexibility index (Phi) is 3.47. The van der Waals surface area contributed by atoms with Crippen molar-refractivity contribution in [2.24, 2.45) is 0 Å². The zero-order valence-corrected chi connectivity index (χ0v) is 10.4. The zero-order valence-electron chi connectivity index (χ0n) is 10.4. The number of aliphatic hydroxyl groups excluding tert-OH is 1. The van der Waals surface area contributed by atoms with Gasteiger partial charge < -0.3 is 10.0 Å². The predicted octanol–water partition coefficient (Wildman–Crippen LogP) is 0.741. The van der Waals surface area contributed by atoms with Gasteiger partial charge in [0.05, 0.1) is 6.10 Å². The van der Waals surface area contributed by atoms with Crippen molar-refractivity contribution < 1.29 is 9.90 Å². The predicted molar refractivity (Wildman–Crippen MR) is 63.9 cm³/mol. The number of aromatic amines is 1. The van der Waals surface area contributed by atoms with Crippen LogP contribution in [0.3, 0.4) is 0 Å². The van der Waals surface area contributed by atoms with Crippen LogP contribution in [0.1, 0.15) is 41.5 Å². The number of aromatic nitrogens is 2. The smallest absolute Gasteiger partial charge is 0.274 e. The molecule has 1 aromatic heterocycles. The van der Waals surface area contributed by atoms with Crippen LogP contribution in [0.25, 0.3) is 0 Å². The summed E-state index contributed by atoms with van der Waals surface area (Å²) in [6.07, 6.45) is 3.25. The van der Waals surface area contributed by atoms with Gasteiger partial charge in [-0.05, 0) is 32.6 Å². The maximum atomic E-state index is 12.1. The number of hydrogen-bond acceptors (Lipinski definition) is 3. The molecule has 2 rings (SSSR count). The molecule has 0 bridgehead atoms. The Morgan fingerprint density at radius 3 is 3.06 bits per heavy atom. The van der Waals surface area contributed by atoms with Gasteiger partial charge in [0, 0.05) is 24.8 Å². The van der Waals surface area contributed by atoms with Gasteiger partial charge in [-0.3, -0.25) is 9.89 Å². The lowest BCUT2D eigenvalue weighted by Gasteiger charge is -2.17. The fourth-order valence-corrected chi connectivity index (χ4v) is 2.16. The number of fused-ring (bicyclic) bond motifs is 1. The van der Waals surface area contributed by atoms with E-state index in [2.05, 4.69) is 10.2 Å². The molecular weight excluding hydrogens is 218 g/mol. The molecule has 0 aliphatic heterocycles. The average Bonchev–Trinajstić information content (AvgIpc) is 2.86. The van der Waals surface area contributed by atoms with Crippen LogP contribution in [0.2, 0.25) is 0 Å². The summed E-state index contributed by atoms with van der Waals surface area (Å²) in [6, 6.07) is 0. The molecule has 1 heterocycles. The van der Waals surface area contributed by atoms with Crippen molar-refractivity contribution in [3.63, 3.8) is 0 Å². The third kappa shape index (κ3) is 2.49. The lowest BCUT2D eigenvalue weighted by Crippen LogP contribution is -2.30. The SMILES string of the molecule is CC(O)CCN(C)C(=O)c1n[nH]c2c1CCC2. The highest BCUT2D eigenvalue weighted by Crippen LogP contribution is 2.23. The number of nitrogens with one attached hydrogen (secondary N) is 1. The molecule has 2 N–H and O–H groups in total. The number of aryl methyl sites for hydroxylation is 1. The number of carbonyl (C=O) groups is 1. The molecule has 5 heteroatoms. The molecule has 1 aromatic rings. The largest absolute Gasteiger partial charge is 0.393 e. The second kappa shape index (κ2) is 4.87. The summed E-state index contributed by atoms with van der Waals surface area (Å²) in [4.78, 5) is 13.8. The lowest BCUT2D eigenvalue weighted by atomic mass is 10.2. The first-order valence-corrected chi connectivity index (χ1v) is 6.09. The van der Waals surface area contributed by atoms with Crippen molar-refractivity contribution in [3.8, 4) is 0 Å². The molecule has 5 nitrogen and oxygen atoms in total. The third-order valence-corrected chi connectivity index (χ3v) is 3.24. The van der Waals surface area contributed by atoms with Crippen molar-refractivity contribution in [3.05, 3.63) is 17.0 Å². The minimum absolute atomic E-state index is 0.0509. The van der Waals surface area contributed by atoms with E-state index >= 15 is 0 Å². The van der Waals surface area contributed by atoms with Gasteiger partial charge in [-0.25, -0.2) is 0 Å². The van der Waals surface area contributed by atoms with Crippen LogP contribution in [-0.2, 0) is 12.8 Å².